The van der Waals surface area contributed by atoms with Crippen molar-refractivity contribution in [3.63, 3.8) is 0 Å². The molecule has 0 fully saturated rings. The van der Waals surface area contributed by atoms with Gasteiger partial charge in [-0.15, -0.1) is 0 Å². The molecule has 0 bridgehead atoms. The summed E-state index contributed by atoms with van der Waals surface area (Å²) in [5.41, 5.74) is 0. The van der Waals surface area contributed by atoms with Crippen LogP contribution in [-0.4, -0.2) is 106 Å². The van der Waals surface area contributed by atoms with Crippen LogP contribution in [0.15, 0.2) is 72.8 Å². The second-order valence-corrected chi connectivity index (χ2v) is 10.4. The fourth-order valence-corrected chi connectivity index (χ4v) is 4.77. The lowest BCUT2D eigenvalue weighted by Crippen LogP contribution is -2.15. The number of hydrogen-bond acceptors (Lipinski definition) is 10. The first-order valence-electron chi connectivity index (χ1n) is 15.9. The van der Waals surface area contributed by atoms with Crippen LogP contribution in [0.5, 0.6) is 23.0 Å². The lowest BCUT2D eigenvalue weighted by Gasteiger charge is -2.15. The third-order valence-corrected chi connectivity index (χ3v) is 7.05. The highest BCUT2D eigenvalue weighted by Crippen LogP contribution is 2.33. The van der Waals surface area contributed by atoms with E-state index in [9.17, 15) is 0 Å². The van der Waals surface area contributed by atoms with Gasteiger partial charge in [0, 0.05) is 0 Å². The van der Waals surface area contributed by atoms with Gasteiger partial charge in [-0.1, -0.05) is 48.5 Å². The van der Waals surface area contributed by atoms with E-state index in [1.807, 2.05) is 72.8 Å². The highest BCUT2D eigenvalue weighted by molar-refractivity contribution is 5.86. The molecule has 0 unspecified atom stereocenters. The van der Waals surface area contributed by atoms with E-state index in [-0.39, 0.29) is 0 Å². The Kier molecular flexibility index (Phi) is 14.5. The van der Waals surface area contributed by atoms with Crippen LogP contribution in [0, 0.1) is 0 Å². The van der Waals surface area contributed by atoms with Gasteiger partial charge in [0.25, 0.3) is 0 Å². The minimum absolute atomic E-state index is 0.388. The molecule has 1 heterocycles. The van der Waals surface area contributed by atoms with Gasteiger partial charge < -0.3 is 47.4 Å². The van der Waals surface area contributed by atoms with Crippen molar-refractivity contribution in [3.8, 4) is 23.0 Å². The maximum atomic E-state index is 6.03. The average molecular weight is 637 g/mol. The number of ether oxygens (including phenoxy) is 10. The van der Waals surface area contributed by atoms with Gasteiger partial charge in [-0.05, 0) is 45.8 Å². The van der Waals surface area contributed by atoms with E-state index in [1.165, 1.54) is 0 Å². The standard InChI is InChI=1S/C36H44O10/c1-2-6-30-26-34-33(25-29(30)5-1)43-21-17-39-13-9-37-11-15-41-19-23-45-35-27-31-7-3-4-8-32(31)28-36(35)46-24-20-42-16-12-38-10-14-40-18-22-44-34/h1-8,25-28H,9-24H2. The quantitative estimate of drug-likeness (QED) is 0.253. The van der Waals surface area contributed by atoms with Gasteiger partial charge >= 0.3 is 0 Å². The maximum absolute atomic E-state index is 6.03. The Morgan fingerprint density at radius 2 is 0.457 bits per heavy atom. The summed E-state index contributed by atoms with van der Waals surface area (Å²) in [4.78, 5) is 0. The summed E-state index contributed by atoms with van der Waals surface area (Å²) in [6.45, 7) is 6.99. The van der Waals surface area contributed by atoms with E-state index in [2.05, 4.69) is 0 Å². The first-order valence-corrected chi connectivity index (χ1v) is 15.9. The normalized spacial score (nSPS) is 18.1. The minimum atomic E-state index is 0.388. The Hall–Kier alpha value is -3.64. The van der Waals surface area contributed by atoms with Gasteiger partial charge in [0.1, 0.15) is 26.4 Å². The van der Waals surface area contributed by atoms with Crippen LogP contribution in [0.1, 0.15) is 0 Å². The zero-order chi connectivity index (χ0) is 31.5. The summed E-state index contributed by atoms with van der Waals surface area (Å²) in [6.07, 6.45) is 0. The molecule has 0 N–H and O–H groups in total. The van der Waals surface area contributed by atoms with Gasteiger partial charge in [0.15, 0.2) is 23.0 Å². The second kappa shape index (κ2) is 19.8. The molecule has 0 atom stereocenters. The molecule has 0 radical (unpaired) electrons. The van der Waals surface area contributed by atoms with Crippen LogP contribution < -0.4 is 18.9 Å². The van der Waals surface area contributed by atoms with E-state index in [4.69, 9.17) is 47.4 Å². The summed E-state index contributed by atoms with van der Waals surface area (Å²) < 4.78 is 58.2. The SMILES string of the molecule is c1ccc2cc3c(cc2c1)OCCOCCOCCOCCOc1cc2ccccc2cc1OCCOCCOCCOCCO3. The number of hydrogen-bond donors (Lipinski definition) is 0. The van der Waals surface area contributed by atoms with Crippen molar-refractivity contribution in [2.75, 3.05) is 106 Å². The first-order chi connectivity index (χ1) is 22.9. The van der Waals surface area contributed by atoms with Crippen LogP contribution in [0.25, 0.3) is 21.5 Å². The van der Waals surface area contributed by atoms with Gasteiger partial charge in [0.05, 0.1) is 79.3 Å². The van der Waals surface area contributed by atoms with Crippen molar-refractivity contribution in [1.82, 2.24) is 0 Å². The highest BCUT2D eigenvalue weighted by atomic mass is 16.6. The predicted octanol–water partition coefficient (Wildman–Crippen LogP) is 5.32. The number of rotatable bonds is 0. The molecule has 4 aromatic rings. The van der Waals surface area contributed by atoms with Crippen LogP contribution in [0.3, 0.4) is 0 Å². The Balaban J connectivity index is 1.09. The van der Waals surface area contributed by atoms with E-state index in [0.717, 1.165) is 21.5 Å². The molecule has 248 valence electrons. The monoisotopic (exact) mass is 636 g/mol. The van der Waals surface area contributed by atoms with Crippen molar-refractivity contribution in [2.45, 2.75) is 0 Å². The third kappa shape index (κ3) is 11.3. The van der Waals surface area contributed by atoms with Gasteiger partial charge in [-0.3, -0.25) is 0 Å². The minimum Gasteiger partial charge on any atom is -0.487 e. The molecular weight excluding hydrogens is 592 g/mol. The smallest absolute Gasteiger partial charge is 0.161 e. The Labute approximate surface area is 270 Å². The molecule has 1 aliphatic heterocycles. The summed E-state index contributed by atoms with van der Waals surface area (Å²) in [5.74, 6) is 2.68. The Morgan fingerprint density at radius 1 is 0.261 bits per heavy atom. The molecule has 46 heavy (non-hydrogen) atoms. The van der Waals surface area contributed by atoms with E-state index in [0.29, 0.717) is 129 Å². The second-order valence-electron chi connectivity index (χ2n) is 10.4. The molecule has 5 rings (SSSR count). The molecule has 10 heteroatoms. The lowest BCUT2D eigenvalue weighted by molar-refractivity contribution is 0.00251. The largest absolute Gasteiger partial charge is 0.487 e. The fraction of sp³-hybridized carbons (Fsp3) is 0.444. The Bertz CT molecular complexity index is 1230. The molecule has 0 aromatic heterocycles. The lowest BCUT2D eigenvalue weighted by atomic mass is 10.1. The highest BCUT2D eigenvalue weighted by Gasteiger charge is 2.10. The van der Waals surface area contributed by atoms with Crippen molar-refractivity contribution in [1.29, 1.82) is 0 Å². The van der Waals surface area contributed by atoms with Crippen molar-refractivity contribution < 1.29 is 47.4 Å². The van der Waals surface area contributed by atoms with Crippen molar-refractivity contribution >= 4 is 21.5 Å². The topological polar surface area (TPSA) is 92.3 Å². The van der Waals surface area contributed by atoms with E-state index in [1.54, 1.807) is 0 Å². The molecular formula is C36H44O10. The molecule has 1 aliphatic rings. The summed E-state index contributed by atoms with van der Waals surface area (Å²) >= 11 is 0. The van der Waals surface area contributed by atoms with Crippen molar-refractivity contribution in [2.24, 2.45) is 0 Å². The molecule has 0 spiro atoms. The Morgan fingerprint density at radius 3 is 0.674 bits per heavy atom. The van der Waals surface area contributed by atoms with Gasteiger partial charge in [0.2, 0.25) is 0 Å². The molecule has 0 aliphatic carbocycles. The van der Waals surface area contributed by atoms with E-state index >= 15 is 0 Å². The van der Waals surface area contributed by atoms with Gasteiger partial charge in [-0.2, -0.15) is 0 Å². The summed E-state index contributed by atoms with van der Waals surface area (Å²) in [7, 11) is 0. The first kappa shape index (κ1) is 33.7. The van der Waals surface area contributed by atoms with E-state index < -0.39 is 0 Å². The molecule has 0 saturated carbocycles. The molecule has 0 saturated heterocycles. The molecule has 4 aromatic carbocycles. The summed E-state index contributed by atoms with van der Waals surface area (Å²) in [6, 6.07) is 24.2. The molecule has 10 nitrogen and oxygen atoms in total. The van der Waals surface area contributed by atoms with Crippen LogP contribution in [0.4, 0.5) is 0 Å². The fourth-order valence-electron chi connectivity index (χ4n) is 4.77. The predicted molar refractivity (Wildman–Crippen MR) is 175 cm³/mol. The zero-order valence-electron chi connectivity index (χ0n) is 26.3. The van der Waals surface area contributed by atoms with Crippen LogP contribution in [-0.2, 0) is 28.4 Å². The molecule has 0 amide bonds. The average Bonchev–Trinajstić information content (AvgIpc) is 3.08. The van der Waals surface area contributed by atoms with Crippen molar-refractivity contribution in [3.05, 3.63) is 72.8 Å². The van der Waals surface area contributed by atoms with Gasteiger partial charge in [-0.25, -0.2) is 0 Å². The zero-order valence-corrected chi connectivity index (χ0v) is 26.3. The maximum Gasteiger partial charge on any atom is 0.161 e. The van der Waals surface area contributed by atoms with Crippen LogP contribution >= 0.6 is 0 Å². The summed E-state index contributed by atoms with van der Waals surface area (Å²) in [5, 5.41) is 4.31. The third-order valence-electron chi connectivity index (χ3n) is 7.05. The number of fused-ring (bicyclic) bond motifs is 4. The van der Waals surface area contributed by atoms with Crippen LogP contribution in [0.2, 0.25) is 0 Å². The number of benzene rings is 4.